The molecule has 34 heavy (non-hydrogen) atoms. The number of halogens is 4. The number of alkyl halides is 2. The Hall–Kier alpha value is -2.00. The van der Waals surface area contributed by atoms with Crippen LogP contribution in [0.4, 0.5) is 17.6 Å². The molecule has 2 aliphatic rings. The third-order valence-corrected chi connectivity index (χ3v) is 6.45. The molecule has 4 rings (SSSR count). The standard InChI is InChI=1S/2C13H18F2N2/c2*1-17-7-6-13(12(15)9-17)16-8-10-2-4-11(14)5-3-10/h2*2-5,12-13,16H,6-9H2,1H3/t2*12-,13+/m10/s1. The van der Waals surface area contributed by atoms with Gasteiger partial charge in [-0.3, -0.25) is 0 Å². The van der Waals surface area contributed by atoms with E-state index in [1.807, 2.05) is 23.9 Å². The van der Waals surface area contributed by atoms with Gasteiger partial charge in [-0.15, -0.1) is 0 Å². The molecule has 0 spiro atoms. The molecule has 2 N–H and O–H groups in total. The van der Waals surface area contributed by atoms with Gasteiger partial charge in [-0.25, -0.2) is 17.6 Å². The van der Waals surface area contributed by atoms with Gasteiger partial charge >= 0.3 is 0 Å². The molecule has 2 heterocycles. The number of hydrogen-bond acceptors (Lipinski definition) is 4. The fraction of sp³-hybridized carbons (Fsp3) is 0.538. The number of likely N-dealkylation sites (tertiary alicyclic amines) is 2. The van der Waals surface area contributed by atoms with Crippen LogP contribution in [0.2, 0.25) is 0 Å². The van der Waals surface area contributed by atoms with E-state index < -0.39 is 12.3 Å². The summed E-state index contributed by atoms with van der Waals surface area (Å²) >= 11 is 0. The fourth-order valence-electron chi connectivity index (χ4n) is 4.28. The first-order valence-electron chi connectivity index (χ1n) is 11.9. The van der Waals surface area contributed by atoms with Crippen LogP contribution in [0, 0.1) is 11.6 Å². The van der Waals surface area contributed by atoms with Crippen molar-refractivity contribution in [2.24, 2.45) is 0 Å². The topological polar surface area (TPSA) is 30.5 Å². The zero-order valence-electron chi connectivity index (χ0n) is 20.0. The fourth-order valence-corrected chi connectivity index (χ4v) is 4.28. The van der Waals surface area contributed by atoms with Crippen LogP contribution >= 0.6 is 0 Å². The van der Waals surface area contributed by atoms with E-state index in [0.29, 0.717) is 26.2 Å². The second kappa shape index (κ2) is 13.2. The summed E-state index contributed by atoms with van der Waals surface area (Å²) in [5.41, 5.74) is 1.97. The lowest BCUT2D eigenvalue weighted by atomic mass is 10.0. The van der Waals surface area contributed by atoms with Crippen molar-refractivity contribution >= 4 is 0 Å². The molecule has 0 aliphatic carbocycles. The highest BCUT2D eigenvalue weighted by molar-refractivity contribution is 5.16. The molecule has 4 nitrogen and oxygen atoms in total. The van der Waals surface area contributed by atoms with E-state index in [0.717, 1.165) is 37.1 Å². The summed E-state index contributed by atoms with van der Waals surface area (Å²) in [6.07, 6.45) is -0.0130. The summed E-state index contributed by atoms with van der Waals surface area (Å²) in [7, 11) is 3.87. The Morgan fingerprint density at radius 3 is 1.35 bits per heavy atom. The van der Waals surface area contributed by atoms with Crippen molar-refractivity contribution < 1.29 is 17.6 Å². The molecule has 4 atom stereocenters. The number of hydrogen-bond donors (Lipinski definition) is 2. The van der Waals surface area contributed by atoms with Gasteiger partial charge in [0.1, 0.15) is 24.0 Å². The van der Waals surface area contributed by atoms with Crippen molar-refractivity contribution in [3.63, 3.8) is 0 Å². The van der Waals surface area contributed by atoms with Crippen molar-refractivity contribution in [3.8, 4) is 0 Å². The van der Waals surface area contributed by atoms with Crippen LogP contribution in [-0.2, 0) is 13.1 Å². The summed E-state index contributed by atoms with van der Waals surface area (Å²) in [4.78, 5) is 4.00. The van der Waals surface area contributed by atoms with E-state index in [-0.39, 0.29) is 23.7 Å². The Kier molecular flexibility index (Phi) is 10.3. The van der Waals surface area contributed by atoms with Crippen LogP contribution in [0.15, 0.2) is 48.5 Å². The van der Waals surface area contributed by atoms with Gasteiger partial charge in [0.25, 0.3) is 0 Å². The van der Waals surface area contributed by atoms with Crippen LogP contribution in [-0.4, -0.2) is 74.5 Å². The highest BCUT2D eigenvalue weighted by Gasteiger charge is 2.27. The van der Waals surface area contributed by atoms with Gasteiger partial charge in [-0.1, -0.05) is 24.3 Å². The van der Waals surface area contributed by atoms with Gasteiger partial charge in [-0.2, -0.15) is 0 Å². The van der Waals surface area contributed by atoms with Crippen LogP contribution in [0.5, 0.6) is 0 Å². The zero-order valence-corrected chi connectivity index (χ0v) is 20.0. The zero-order chi connectivity index (χ0) is 24.5. The third kappa shape index (κ3) is 8.65. The van der Waals surface area contributed by atoms with Crippen LogP contribution in [0.25, 0.3) is 0 Å². The first-order valence-corrected chi connectivity index (χ1v) is 11.9. The molecule has 2 saturated heterocycles. The lowest BCUT2D eigenvalue weighted by Crippen LogP contribution is -2.49. The first-order chi connectivity index (χ1) is 16.3. The average molecular weight is 481 g/mol. The van der Waals surface area contributed by atoms with E-state index >= 15 is 0 Å². The Bertz CT molecular complexity index is 777. The summed E-state index contributed by atoms with van der Waals surface area (Å²) in [6, 6.07) is 12.4. The number of benzene rings is 2. The van der Waals surface area contributed by atoms with Gasteiger partial charge in [0.2, 0.25) is 0 Å². The minimum Gasteiger partial charge on any atom is -0.307 e. The summed E-state index contributed by atoms with van der Waals surface area (Å²) in [6.45, 7) is 4.00. The molecular formula is C26H36F4N4. The number of piperidine rings is 2. The average Bonchev–Trinajstić information content (AvgIpc) is 2.81. The lowest BCUT2D eigenvalue weighted by molar-refractivity contribution is 0.122. The molecule has 2 aromatic carbocycles. The SMILES string of the molecule is CN1CC[C@@H](NCc2ccc(F)cc2)[C@@H](F)C1.CN1CC[C@H](NCc2ccc(F)cc2)[C@H](F)C1. The van der Waals surface area contributed by atoms with E-state index in [1.165, 1.54) is 24.3 Å². The first kappa shape index (κ1) is 26.6. The predicted octanol–water partition coefficient (Wildman–Crippen LogP) is 3.92. The molecule has 0 amide bonds. The van der Waals surface area contributed by atoms with Crippen molar-refractivity contribution in [3.05, 3.63) is 71.3 Å². The largest absolute Gasteiger partial charge is 0.307 e. The number of rotatable bonds is 6. The Morgan fingerprint density at radius 1 is 0.676 bits per heavy atom. The minimum absolute atomic E-state index is 0.0868. The maximum Gasteiger partial charge on any atom is 0.128 e. The Labute approximate surface area is 200 Å². The second-order valence-electron chi connectivity index (χ2n) is 9.36. The second-order valence-corrected chi connectivity index (χ2v) is 9.36. The number of nitrogens with zero attached hydrogens (tertiary/aromatic N) is 2. The quantitative estimate of drug-likeness (QED) is 0.614. The predicted molar refractivity (Wildman–Crippen MR) is 128 cm³/mol. The molecule has 0 unspecified atom stereocenters. The van der Waals surface area contributed by atoms with Gasteiger partial charge < -0.3 is 20.4 Å². The summed E-state index contributed by atoms with van der Waals surface area (Å²) in [5, 5.41) is 6.41. The molecule has 8 heteroatoms. The molecule has 0 bridgehead atoms. The maximum atomic E-state index is 13.7. The van der Waals surface area contributed by atoms with E-state index in [4.69, 9.17) is 0 Å². The van der Waals surface area contributed by atoms with E-state index in [1.54, 1.807) is 24.3 Å². The molecular weight excluding hydrogens is 444 g/mol. The Morgan fingerprint density at radius 2 is 1.03 bits per heavy atom. The third-order valence-electron chi connectivity index (χ3n) is 6.45. The highest BCUT2D eigenvalue weighted by Crippen LogP contribution is 2.15. The van der Waals surface area contributed by atoms with Crippen LogP contribution < -0.4 is 10.6 Å². The monoisotopic (exact) mass is 480 g/mol. The Balaban J connectivity index is 0.000000191. The van der Waals surface area contributed by atoms with E-state index in [9.17, 15) is 17.6 Å². The maximum absolute atomic E-state index is 13.7. The van der Waals surface area contributed by atoms with Crippen LogP contribution in [0.1, 0.15) is 24.0 Å². The van der Waals surface area contributed by atoms with Crippen LogP contribution in [0.3, 0.4) is 0 Å². The highest BCUT2D eigenvalue weighted by atomic mass is 19.1. The van der Waals surface area contributed by atoms with Gasteiger partial charge in [0.05, 0.1) is 0 Å². The van der Waals surface area contributed by atoms with Crippen molar-refractivity contribution in [2.75, 3.05) is 40.3 Å². The van der Waals surface area contributed by atoms with Gasteiger partial charge in [0, 0.05) is 38.3 Å². The van der Waals surface area contributed by atoms with Crippen molar-refractivity contribution in [2.45, 2.75) is 50.4 Å². The van der Waals surface area contributed by atoms with Gasteiger partial charge in [0.15, 0.2) is 0 Å². The van der Waals surface area contributed by atoms with Crippen molar-refractivity contribution in [1.82, 2.24) is 20.4 Å². The van der Waals surface area contributed by atoms with E-state index in [2.05, 4.69) is 10.6 Å². The van der Waals surface area contributed by atoms with Gasteiger partial charge in [-0.05, 0) is 75.4 Å². The lowest BCUT2D eigenvalue weighted by Gasteiger charge is -2.32. The summed E-state index contributed by atoms with van der Waals surface area (Å²) in [5.74, 6) is -0.479. The molecule has 2 aromatic rings. The molecule has 2 fully saturated rings. The molecule has 188 valence electrons. The molecule has 0 aromatic heterocycles. The molecule has 0 saturated carbocycles. The summed E-state index contributed by atoms with van der Waals surface area (Å²) < 4.78 is 52.8. The van der Waals surface area contributed by atoms with Crippen molar-refractivity contribution in [1.29, 1.82) is 0 Å². The molecule has 2 aliphatic heterocycles. The normalized spacial score (nSPS) is 26.1. The number of nitrogens with one attached hydrogen (secondary N) is 2. The smallest absolute Gasteiger partial charge is 0.128 e. The molecule has 0 radical (unpaired) electrons. The minimum atomic E-state index is -0.825.